The van der Waals surface area contributed by atoms with Crippen molar-refractivity contribution in [1.82, 2.24) is 0 Å². The molecule has 0 aliphatic heterocycles. The quantitative estimate of drug-likeness (QED) is 0.441. The van der Waals surface area contributed by atoms with E-state index in [1.165, 1.54) is 16.9 Å². The van der Waals surface area contributed by atoms with Gasteiger partial charge in [-0.3, -0.25) is 9.59 Å². The molecule has 1 aromatic heterocycles. The first-order chi connectivity index (χ1) is 14.6. The van der Waals surface area contributed by atoms with Crippen LogP contribution >= 0.6 is 27.3 Å². The summed E-state index contributed by atoms with van der Waals surface area (Å²) in [5, 5.41) is 3.22. The molecule has 3 N–H and O–H groups in total. The second-order valence-corrected chi connectivity index (χ2v) is 10.4. The molecule has 0 saturated carbocycles. The van der Waals surface area contributed by atoms with Crippen LogP contribution in [0.5, 0.6) is 5.75 Å². The number of carbonyl (C=O) groups excluding carboxylic acids is 2. The third-order valence-electron chi connectivity index (χ3n) is 4.81. The van der Waals surface area contributed by atoms with Crippen molar-refractivity contribution in [2.45, 2.75) is 33.1 Å². The van der Waals surface area contributed by atoms with Crippen molar-refractivity contribution in [2.75, 3.05) is 11.9 Å². The van der Waals surface area contributed by atoms with E-state index in [1.54, 1.807) is 12.1 Å². The maximum absolute atomic E-state index is 12.4. The maximum atomic E-state index is 12.4. The number of hydrogen-bond acceptors (Lipinski definition) is 4. The number of halogens is 1. The minimum absolute atomic E-state index is 0.0305. The van der Waals surface area contributed by atoms with Crippen molar-refractivity contribution < 1.29 is 14.3 Å². The molecule has 0 bridgehead atoms. The van der Waals surface area contributed by atoms with Crippen LogP contribution in [-0.2, 0) is 10.2 Å². The van der Waals surface area contributed by atoms with Gasteiger partial charge in [-0.2, -0.15) is 0 Å². The lowest BCUT2D eigenvalue weighted by atomic mass is 9.86. The van der Waals surface area contributed by atoms with E-state index in [0.29, 0.717) is 16.3 Å². The summed E-state index contributed by atoms with van der Waals surface area (Å²) < 4.78 is 6.44. The van der Waals surface area contributed by atoms with E-state index < -0.39 is 5.91 Å². The molecule has 2 amide bonds. The van der Waals surface area contributed by atoms with Gasteiger partial charge < -0.3 is 15.8 Å². The van der Waals surface area contributed by atoms with Crippen LogP contribution in [0.1, 0.15) is 41.6 Å². The maximum Gasteiger partial charge on any atom is 0.262 e. The number of carbonyl (C=O) groups is 2. The highest BCUT2D eigenvalue weighted by Gasteiger charge is 2.23. The molecule has 0 spiro atoms. The minimum atomic E-state index is -0.580. The Morgan fingerprint density at radius 2 is 1.68 bits per heavy atom. The van der Waals surface area contributed by atoms with Gasteiger partial charge in [0.05, 0.1) is 5.56 Å². The summed E-state index contributed by atoms with van der Waals surface area (Å²) in [6.45, 7) is 8.19. The number of amides is 2. The molecule has 0 aliphatic rings. The Morgan fingerprint density at radius 1 is 1.06 bits per heavy atom. The summed E-state index contributed by atoms with van der Waals surface area (Å²) in [6, 6.07) is 15.3. The lowest BCUT2D eigenvalue weighted by Crippen LogP contribution is -2.22. The molecule has 0 radical (unpaired) electrons. The molecular weight excluding hydrogens is 476 g/mol. The zero-order valence-corrected chi connectivity index (χ0v) is 20.3. The number of benzene rings is 2. The normalized spacial score (nSPS) is 11.3. The van der Waals surface area contributed by atoms with Crippen LogP contribution in [0.4, 0.5) is 5.00 Å². The van der Waals surface area contributed by atoms with Gasteiger partial charge >= 0.3 is 0 Å². The summed E-state index contributed by atoms with van der Waals surface area (Å²) in [7, 11) is 0. The molecular formula is C24H25BrN2O3S. The van der Waals surface area contributed by atoms with Gasteiger partial charge in [0.1, 0.15) is 10.8 Å². The number of rotatable bonds is 6. The molecule has 0 unspecified atom stereocenters. The van der Waals surface area contributed by atoms with Crippen LogP contribution < -0.4 is 15.8 Å². The van der Waals surface area contributed by atoms with E-state index >= 15 is 0 Å². The minimum Gasteiger partial charge on any atom is -0.484 e. The first kappa shape index (κ1) is 23.0. The number of ether oxygens (including phenoxy) is 1. The lowest BCUT2D eigenvalue weighted by Gasteiger charge is -2.19. The summed E-state index contributed by atoms with van der Waals surface area (Å²) in [5.74, 6) is -0.361. The molecule has 3 aromatic rings. The zero-order valence-electron chi connectivity index (χ0n) is 17.9. The summed E-state index contributed by atoms with van der Waals surface area (Å²) in [6.07, 6.45) is 0. The van der Waals surface area contributed by atoms with Crippen LogP contribution in [0.2, 0.25) is 0 Å². The number of thiophene rings is 1. The van der Waals surface area contributed by atoms with Crippen LogP contribution in [-0.4, -0.2) is 18.4 Å². The Kier molecular flexibility index (Phi) is 6.86. The number of anilines is 1. The fourth-order valence-electron chi connectivity index (χ4n) is 3.19. The lowest BCUT2D eigenvalue weighted by molar-refractivity contribution is -0.118. The predicted molar refractivity (Wildman–Crippen MR) is 130 cm³/mol. The number of primary amides is 1. The highest BCUT2D eigenvalue weighted by atomic mass is 79.9. The Balaban J connectivity index is 1.82. The van der Waals surface area contributed by atoms with E-state index in [0.717, 1.165) is 20.5 Å². The van der Waals surface area contributed by atoms with E-state index in [-0.39, 0.29) is 17.9 Å². The highest BCUT2D eigenvalue weighted by molar-refractivity contribution is 9.10. The van der Waals surface area contributed by atoms with Gasteiger partial charge in [-0.25, -0.2) is 0 Å². The molecule has 0 saturated heterocycles. The largest absolute Gasteiger partial charge is 0.484 e. The molecule has 2 aromatic carbocycles. The third-order valence-corrected chi connectivity index (χ3v) is 6.36. The molecule has 5 nitrogen and oxygen atoms in total. The number of aryl methyl sites for hydroxylation is 1. The molecule has 7 heteroatoms. The molecule has 0 atom stereocenters. The van der Waals surface area contributed by atoms with Crippen LogP contribution in [0.15, 0.2) is 53.0 Å². The van der Waals surface area contributed by atoms with E-state index in [2.05, 4.69) is 54.2 Å². The van der Waals surface area contributed by atoms with Crippen molar-refractivity contribution in [1.29, 1.82) is 0 Å². The van der Waals surface area contributed by atoms with Crippen molar-refractivity contribution in [3.8, 4) is 16.9 Å². The van der Waals surface area contributed by atoms with Gasteiger partial charge in [-0.15, -0.1) is 11.3 Å². The van der Waals surface area contributed by atoms with Crippen LogP contribution in [0.3, 0.4) is 0 Å². The molecule has 0 aliphatic carbocycles. The first-order valence-corrected chi connectivity index (χ1v) is 11.4. The predicted octanol–water partition coefficient (Wildman–Crippen LogP) is 5.90. The van der Waals surface area contributed by atoms with Gasteiger partial charge in [0, 0.05) is 14.9 Å². The van der Waals surface area contributed by atoms with Gasteiger partial charge in [0.15, 0.2) is 6.61 Å². The molecule has 1 heterocycles. The fraction of sp³-hybridized carbons (Fsp3) is 0.250. The molecule has 3 rings (SSSR count). The third kappa shape index (κ3) is 5.54. The second-order valence-electron chi connectivity index (χ2n) is 8.22. The van der Waals surface area contributed by atoms with Gasteiger partial charge in [0.25, 0.3) is 11.8 Å². The van der Waals surface area contributed by atoms with Gasteiger partial charge in [-0.05, 0) is 47.7 Å². The number of nitrogens with two attached hydrogens (primary N) is 1. The number of nitrogens with one attached hydrogen (secondary N) is 1. The summed E-state index contributed by atoms with van der Waals surface area (Å²) >= 11 is 4.69. The molecule has 0 fully saturated rings. The van der Waals surface area contributed by atoms with Gasteiger partial charge in [-0.1, -0.05) is 61.0 Å². The zero-order chi connectivity index (χ0) is 22.8. The Labute approximate surface area is 194 Å². The monoisotopic (exact) mass is 500 g/mol. The fourth-order valence-corrected chi connectivity index (χ4v) is 4.56. The standard InChI is InChI=1S/C24H25BrN2O3S/c1-14-20(15-5-7-16(8-6-15)24(2,3)4)21(22(26)29)23(31-14)27-19(28)13-30-18-11-9-17(25)10-12-18/h5-12H,13H2,1-4H3,(H2,26,29)(H,27,28). The molecule has 31 heavy (non-hydrogen) atoms. The smallest absolute Gasteiger partial charge is 0.262 e. The highest BCUT2D eigenvalue weighted by Crippen LogP contribution is 2.40. The van der Waals surface area contributed by atoms with Crippen molar-refractivity contribution in [3.63, 3.8) is 0 Å². The Morgan fingerprint density at radius 3 is 2.23 bits per heavy atom. The average Bonchev–Trinajstić information content (AvgIpc) is 3.02. The first-order valence-electron chi connectivity index (χ1n) is 9.78. The van der Waals surface area contributed by atoms with E-state index in [9.17, 15) is 9.59 Å². The summed E-state index contributed by atoms with van der Waals surface area (Å²) in [4.78, 5) is 25.6. The summed E-state index contributed by atoms with van der Waals surface area (Å²) in [5.41, 5.74) is 8.89. The topological polar surface area (TPSA) is 81.4 Å². The Bertz CT molecular complexity index is 1100. The van der Waals surface area contributed by atoms with E-state index in [4.69, 9.17) is 10.5 Å². The Hall–Kier alpha value is -2.64. The van der Waals surface area contributed by atoms with Crippen LogP contribution in [0, 0.1) is 6.92 Å². The van der Waals surface area contributed by atoms with Crippen molar-refractivity contribution >= 4 is 44.1 Å². The van der Waals surface area contributed by atoms with Crippen LogP contribution in [0.25, 0.3) is 11.1 Å². The number of hydrogen-bond donors (Lipinski definition) is 2. The second kappa shape index (κ2) is 9.24. The molecule has 162 valence electrons. The average molecular weight is 501 g/mol. The van der Waals surface area contributed by atoms with Gasteiger partial charge in [0.2, 0.25) is 0 Å². The van der Waals surface area contributed by atoms with E-state index in [1.807, 2.05) is 31.2 Å². The van der Waals surface area contributed by atoms with Crippen molar-refractivity contribution in [2.24, 2.45) is 5.73 Å². The SMILES string of the molecule is Cc1sc(NC(=O)COc2ccc(Br)cc2)c(C(N)=O)c1-c1ccc(C(C)(C)C)cc1. The van der Waals surface area contributed by atoms with Crippen molar-refractivity contribution in [3.05, 3.63) is 69.0 Å².